The Bertz CT molecular complexity index is 947. The Morgan fingerprint density at radius 2 is 2.19 bits per heavy atom. The van der Waals surface area contributed by atoms with E-state index in [1.807, 2.05) is 6.07 Å². The number of anilines is 2. The first kappa shape index (κ1) is 16.7. The Balaban J connectivity index is 1.37. The predicted molar refractivity (Wildman–Crippen MR) is 99.3 cm³/mol. The van der Waals surface area contributed by atoms with Gasteiger partial charge in [0.2, 0.25) is 0 Å². The van der Waals surface area contributed by atoms with E-state index in [4.69, 9.17) is 0 Å². The van der Waals surface area contributed by atoms with Crippen molar-refractivity contribution in [1.82, 2.24) is 15.2 Å². The number of H-pyrrole nitrogens is 1. The van der Waals surface area contributed by atoms with Gasteiger partial charge in [0.15, 0.2) is 5.13 Å². The van der Waals surface area contributed by atoms with Crippen molar-refractivity contribution in [2.45, 2.75) is 32.1 Å². The summed E-state index contributed by atoms with van der Waals surface area (Å²) in [6.07, 6.45) is 6.13. The molecule has 1 aliphatic rings. The van der Waals surface area contributed by atoms with Crippen molar-refractivity contribution in [2.75, 3.05) is 10.6 Å². The van der Waals surface area contributed by atoms with Gasteiger partial charge in [-0.05, 0) is 37.0 Å². The molecule has 0 unspecified atom stereocenters. The lowest BCUT2D eigenvalue weighted by Gasteiger charge is -2.05. The van der Waals surface area contributed by atoms with E-state index in [1.54, 1.807) is 25.4 Å². The molecule has 134 valence electrons. The Morgan fingerprint density at radius 3 is 2.96 bits per heavy atom. The Kier molecular flexibility index (Phi) is 4.42. The highest BCUT2D eigenvalue weighted by Gasteiger charge is 2.28. The molecule has 2 amide bonds. The second-order valence-corrected chi connectivity index (χ2v) is 7.56. The van der Waals surface area contributed by atoms with Crippen LogP contribution in [0.5, 0.6) is 0 Å². The fraction of sp³-hybridized carbons (Fsp3) is 0.278. The lowest BCUT2D eigenvalue weighted by molar-refractivity contribution is 0.262. The average molecular weight is 371 g/mol. The molecule has 26 heavy (non-hydrogen) atoms. The van der Waals surface area contributed by atoms with Gasteiger partial charge in [0.1, 0.15) is 5.82 Å². The third-order valence-electron chi connectivity index (χ3n) is 4.29. The first-order valence-corrected chi connectivity index (χ1v) is 9.21. The number of nitrogens with one attached hydrogen (secondary N) is 3. The molecule has 4 rings (SSSR count). The van der Waals surface area contributed by atoms with E-state index in [0.717, 1.165) is 29.0 Å². The van der Waals surface area contributed by atoms with Crippen molar-refractivity contribution in [2.24, 2.45) is 0 Å². The van der Waals surface area contributed by atoms with Gasteiger partial charge in [0.05, 0.1) is 17.6 Å². The Morgan fingerprint density at radius 1 is 1.35 bits per heavy atom. The number of hydrogen-bond acceptors (Lipinski definition) is 4. The van der Waals surface area contributed by atoms with Crippen LogP contribution >= 0.6 is 11.3 Å². The van der Waals surface area contributed by atoms with Crippen LogP contribution in [0.3, 0.4) is 0 Å². The number of hydrogen-bond donors (Lipinski definition) is 3. The number of amides is 2. The topological polar surface area (TPSA) is 82.7 Å². The van der Waals surface area contributed by atoms with E-state index in [9.17, 15) is 9.18 Å². The first-order chi connectivity index (χ1) is 12.6. The number of aromatic nitrogens is 3. The molecule has 6 nitrogen and oxygen atoms in total. The molecule has 2 aromatic heterocycles. The molecule has 0 radical (unpaired) electrons. The number of aromatic amines is 1. The molecule has 1 aliphatic carbocycles. The highest BCUT2D eigenvalue weighted by atomic mass is 32.1. The number of benzene rings is 1. The number of halogens is 1. The highest BCUT2D eigenvalue weighted by Crippen LogP contribution is 2.42. The summed E-state index contributed by atoms with van der Waals surface area (Å²) in [6, 6.07) is 4.85. The minimum atomic E-state index is -0.351. The second-order valence-electron chi connectivity index (χ2n) is 6.44. The van der Waals surface area contributed by atoms with Gasteiger partial charge in [-0.2, -0.15) is 5.10 Å². The number of nitrogens with zero attached hydrogens (tertiary/aromatic N) is 2. The summed E-state index contributed by atoms with van der Waals surface area (Å²) in [6.45, 7) is 1.74. The molecule has 1 saturated carbocycles. The van der Waals surface area contributed by atoms with E-state index in [1.165, 1.54) is 17.4 Å². The van der Waals surface area contributed by atoms with Crippen LogP contribution in [0.25, 0.3) is 0 Å². The van der Waals surface area contributed by atoms with Crippen LogP contribution in [-0.4, -0.2) is 21.2 Å². The minimum Gasteiger partial charge on any atom is -0.304 e. The molecule has 0 aliphatic heterocycles. The van der Waals surface area contributed by atoms with Crippen LogP contribution in [0.2, 0.25) is 0 Å². The van der Waals surface area contributed by atoms with E-state index >= 15 is 0 Å². The quantitative estimate of drug-likeness (QED) is 0.621. The summed E-state index contributed by atoms with van der Waals surface area (Å²) in [5, 5.41) is 13.0. The highest BCUT2D eigenvalue weighted by molar-refractivity contribution is 7.15. The van der Waals surface area contributed by atoms with Gasteiger partial charge in [0.25, 0.3) is 0 Å². The lowest BCUT2D eigenvalue weighted by atomic mass is 10.1. The summed E-state index contributed by atoms with van der Waals surface area (Å²) in [5.74, 6) is 0.255. The van der Waals surface area contributed by atoms with E-state index in [-0.39, 0.29) is 11.8 Å². The SMILES string of the molecule is Cc1ccc(Cc2cnc(NC(=O)Nc3cn[nH]c3C3CC3)s2)cc1F. The monoisotopic (exact) mass is 371 g/mol. The maximum absolute atomic E-state index is 13.6. The molecule has 0 spiro atoms. The van der Waals surface area contributed by atoms with Gasteiger partial charge in [-0.1, -0.05) is 12.1 Å². The zero-order valence-electron chi connectivity index (χ0n) is 14.2. The van der Waals surface area contributed by atoms with Crippen LogP contribution in [-0.2, 0) is 6.42 Å². The second kappa shape index (κ2) is 6.87. The minimum absolute atomic E-state index is 0.212. The number of urea groups is 1. The number of rotatable bonds is 5. The number of carbonyl (C=O) groups is 1. The number of carbonyl (C=O) groups excluding carboxylic acids is 1. The molecule has 0 atom stereocenters. The number of aryl methyl sites for hydroxylation is 1. The summed E-state index contributed by atoms with van der Waals surface area (Å²) >= 11 is 1.37. The van der Waals surface area contributed by atoms with Crippen molar-refractivity contribution in [3.05, 3.63) is 58.1 Å². The molecule has 3 aromatic rings. The third-order valence-corrected chi connectivity index (χ3v) is 5.20. The molecule has 8 heteroatoms. The molecule has 0 bridgehead atoms. The van der Waals surface area contributed by atoms with Crippen molar-refractivity contribution in [1.29, 1.82) is 0 Å². The van der Waals surface area contributed by atoms with E-state index in [0.29, 0.717) is 28.7 Å². The van der Waals surface area contributed by atoms with Gasteiger partial charge in [-0.3, -0.25) is 10.4 Å². The normalized spacial score (nSPS) is 13.6. The van der Waals surface area contributed by atoms with Crippen LogP contribution in [0.4, 0.5) is 20.0 Å². The van der Waals surface area contributed by atoms with Crippen LogP contribution < -0.4 is 10.6 Å². The molecule has 0 saturated heterocycles. The fourth-order valence-electron chi connectivity index (χ4n) is 2.72. The largest absolute Gasteiger partial charge is 0.325 e. The van der Waals surface area contributed by atoms with Gasteiger partial charge in [-0.25, -0.2) is 14.2 Å². The van der Waals surface area contributed by atoms with Crippen molar-refractivity contribution in [3.63, 3.8) is 0 Å². The van der Waals surface area contributed by atoms with Crippen LogP contribution in [0, 0.1) is 12.7 Å². The van der Waals surface area contributed by atoms with Gasteiger partial charge in [-0.15, -0.1) is 11.3 Å². The average Bonchev–Trinajstić information content (AvgIpc) is 3.20. The molecule has 1 aromatic carbocycles. The van der Waals surface area contributed by atoms with Gasteiger partial charge in [0, 0.05) is 23.4 Å². The maximum atomic E-state index is 13.6. The molecule has 3 N–H and O–H groups in total. The zero-order valence-corrected chi connectivity index (χ0v) is 15.0. The van der Waals surface area contributed by atoms with Crippen molar-refractivity contribution >= 4 is 28.2 Å². The molecule has 1 fully saturated rings. The molecular weight excluding hydrogens is 353 g/mol. The van der Waals surface area contributed by atoms with E-state index in [2.05, 4.69) is 25.8 Å². The van der Waals surface area contributed by atoms with Gasteiger partial charge >= 0.3 is 6.03 Å². The predicted octanol–water partition coefficient (Wildman–Crippen LogP) is 4.43. The Hall–Kier alpha value is -2.74. The third kappa shape index (κ3) is 3.75. The van der Waals surface area contributed by atoms with Crippen molar-refractivity contribution < 1.29 is 9.18 Å². The smallest absolute Gasteiger partial charge is 0.304 e. The Labute approximate surface area is 153 Å². The summed E-state index contributed by atoms with van der Waals surface area (Å²) in [5.41, 5.74) is 3.18. The summed E-state index contributed by atoms with van der Waals surface area (Å²) in [4.78, 5) is 17.3. The molecule has 2 heterocycles. The van der Waals surface area contributed by atoms with Crippen molar-refractivity contribution in [3.8, 4) is 0 Å². The fourth-order valence-corrected chi connectivity index (χ4v) is 3.57. The lowest BCUT2D eigenvalue weighted by Crippen LogP contribution is -2.19. The standard InChI is InChI=1S/C18H18FN5OS/c1-10-2-3-11(7-14(10)19)6-13-8-20-18(26-13)23-17(25)22-15-9-21-24-16(15)12-4-5-12/h2-3,7-9,12H,4-6H2,1H3,(H,21,24)(H2,20,22,23,25). The maximum Gasteiger partial charge on any atom is 0.325 e. The zero-order chi connectivity index (χ0) is 18.1. The summed E-state index contributed by atoms with van der Waals surface area (Å²) in [7, 11) is 0. The van der Waals surface area contributed by atoms with E-state index < -0.39 is 0 Å². The number of thiazole rings is 1. The summed E-state index contributed by atoms with van der Waals surface area (Å²) < 4.78 is 13.6. The van der Waals surface area contributed by atoms with Crippen LogP contribution in [0.15, 0.2) is 30.6 Å². The molecular formula is C18H18FN5OS. The van der Waals surface area contributed by atoms with Crippen LogP contribution in [0.1, 0.15) is 40.5 Å². The van der Waals surface area contributed by atoms with Gasteiger partial charge < -0.3 is 5.32 Å². The first-order valence-electron chi connectivity index (χ1n) is 8.39.